The van der Waals surface area contributed by atoms with Gasteiger partial charge in [0.25, 0.3) is 11.9 Å². The molecule has 3 rings (SSSR count). The summed E-state index contributed by atoms with van der Waals surface area (Å²) in [5.41, 5.74) is 1.81. The maximum absolute atomic E-state index is 12.5. The number of tetrazole rings is 1. The third-order valence-electron chi connectivity index (χ3n) is 3.38. The molecule has 0 atom stereocenters. The number of H-pyrrole nitrogens is 1. The second kappa shape index (κ2) is 6.49. The molecule has 1 aliphatic rings. The Hall–Kier alpha value is -3.23. The van der Waals surface area contributed by atoms with E-state index >= 15 is 0 Å². The van der Waals surface area contributed by atoms with Crippen molar-refractivity contribution < 1.29 is 14.3 Å². The van der Waals surface area contributed by atoms with Gasteiger partial charge in [-0.3, -0.25) is 4.79 Å². The zero-order valence-corrected chi connectivity index (χ0v) is 13.5. The van der Waals surface area contributed by atoms with Crippen molar-refractivity contribution in [3.63, 3.8) is 0 Å². The minimum Gasteiger partial charge on any atom is -0.493 e. The van der Waals surface area contributed by atoms with Crippen molar-refractivity contribution in [2.45, 2.75) is 13.8 Å². The van der Waals surface area contributed by atoms with Crippen LogP contribution in [-0.2, 0) is 4.79 Å². The lowest BCUT2D eigenvalue weighted by Crippen LogP contribution is -2.22. The molecule has 2 aromatic rings. The number of nitrogens with one attached hydrogen (secondary N) is 1. The zero-order chi connectivity index (χ0) is 17.1. The molecule has 1 amide bonds. The number of hydrogen-bond acceptors (Lipinski definition) is 7. The first kappa shape index (κ1) is 15.7. The van der Waals surface area contributed by atoms with Crippen molar-refractivity contribution in [2.75, 3.05) is 18.7 Å². The fourth-order valence-corrected chi connectivity index (χ4v) is 2.28. The molecule has 0 saturated heterocycles. The number of benzene rings is 1. The van der Waals surface area contributed by atoms with Crippen molar-refractivity contribution in [1.29, 1.82) is 0 Å². The topological polar surface area (TPSA) is 106 Å². The van der Waals surface area contributed by atoms with Crippen LogP contribution in [0.2, 0.25) is 0 Å². The van der Waals surface area contributed by atoms with E-state index in [1.807, 2.05) is 13.0 Å². The number of carbonyl (C=O) groups is 1. The van der Waals surface area contributed by atoms with E-state index in [9.17, 15) is 4.79 Å². The molecule has 1 aromatic carbocycles. The maximum Gasteiger partial charge on any atom is 0.293 e. The summed E-state index contributed by atoms with van der Waals surface area (Å²) < 4.78 is 10.8. The van der Waals surface area contributed by atoms with E-state index in [1.165, 1.54) is 0 Å². The number of hydrogen-bond donors (Lipinski definition) is 1. The monoisotopic (exact) mass is 328 g/mol. The number of aromatic nitrogens is 4. The summed E-state index contributed by atoms with van der Waals surface area (Å²) in [5.74, 6) is 1.04. The van der Waals surface area contributed by atoms with Gasteiger partial charge in [-0.05, 0) is 42.8 Å². The minimum atomic E-state index is -0.318. The van der Waals surface area contributed by atoms with E-state index < -0.39 is 0 Å². The zero-order valence-electron chi connectivity index (χ0n) is 13.5. The molecule has 1 aliphatic heterocycles. The summed E-state index contributed by atoms with van der Waals surface area (Å²) in [6.07, 6.45) is 1.74. The molecule has 9 heteroatoms. The van der Waals surface area contributed by atoms with Crippen LogP contribution in [0, 0.1) is 0 Å². The number of nitrogens with zero attached hydrogens (tertiary/aromatic N) is 5. The van der Waals surface area contributed by atoms with Gasteiger partial charge < -0.3 is 9.47 Å². The van der Waals surface area contributed by atoms with E-state index in [4.69, 9.17) is 9.47 Å². The Morgan fingerprint density at radius 3 is 2.83 bits per heavy atom. The van der Waals surface area contributed by atoms with Gasteiger partial charge in [-0.25, -0.2) is 0 Å². The molecule has 2 heterocycles. The Balaban J connectivity index is 1.91. The van der Waals surface area contributed by atoms with Gasteiger partial charge in [0.05, 0.1) is 25.0 Å². The summed E-state index contributed by atoms with van der Waals surface area (Å²) in [6, 6.07) is 5.45. The highest BCUT2D eigenvalue weighted by Gasteiger charge is 2.31. The molecule has 9 nitrogen and oxygen atoms in total. The molecule has 1 N–H and O–H groups in total. The maximum atomic E-state index is 12.5. The van der Waals surface area contributed by atoms with Crippen LogP contribution < -0.4 is 14.5 Å². The number of amides is 1. The number of hydrazone groups is 1. The van der Waals surface area contributed by atoms with Crippen LogP contribution in [0.1, 0.15) is 19.4 Å². The molecule has 0 fully saturated rings. The Bertz CT molecular complexity index is 813. The molecule has 1 aromatic heterocycles. The van der Waals surface area contributed by atoms with Crippen LogP contribution in [0.3, 0.4) is 0 Å². The van der Waals surface area contributed by atoms with Gasteiger partial charge in [-0.15, -0.1) is 5.10 Å². The normalized spacial score (nSPS) is 15.8. The first-order chi connectivity index (χ1) is 11.6. The van der Waals surface area contributed by atoms with Gasteiger partial charge in [-0.2, -0.15) is 15.3 Å². The van der Waals surface area contributed by atoms with Crippen molar-refractivity contribution in [1.82, 2.24) is 20.6 Å². The highest BCUT2D eigenvalue weighted by Crippen LogP contribution is 2.30. The molecule has 124 valence electrons. The Labute approximate surface area is 137 Å². The van der Waals surface area contributed by atoms with Gasteiger partial charge in [0.1, 0.15) is 0 Å². The Morgan fingerprint density at radius 2 is 2.17 bits per heavy atom. The summed E-state index contributed by atoms with van der Waals surface area (Å²) in [6.45, 7) is 4.19. The van der Waals surface area contributed by atoms with E-state index in [0.717, 1.165) is 10.6 Å². The molecule has 0 saturated carbocycles. The fourth-order valence-electron chi connectivity index (χ4n) is 2.28. The smallest absolute Gasteiger partial charge is 0.293 e. The summed E-state index contributed by atoms with van der Waals surface area (Å²) in [5, 5.41) is 18.6. The molecule has 0 spiro atoms. The lowest BCUT2D eigenvalue weighted by molar-refractivity contribution is -0.114. The average molecular weight is 328 g/mol. The van der Waals surface area contributed by atoms with Crippen LogP contribution in [-0.4, -0.2) is 46.0 Å². The molecule has 24 heavy (non-hydrogen) atoms. The van der Waals surface area contributed by atoms with Crippen LogP contribution >= 0.6 is 0 Å². The number of ether oxygens (including phenoxy) is 2. The highest BCUT2D eigenvalue weighted by molar-refractivity contribution is 6.31. The van der Waals surface area contributed by atoms with Gasteiger partial charge >= 0.3 is 0 Å². The quantitative estimate of drug-likeness (QED) is 0.832. The standard InChI is InChI=1S/C15H16N6O3/c1-4-24-12-6-5-10(8-13(12)23-3)7-11-9(2)18-21(14(11)22)15-16-19-20-17-15/h5-8H,4H2,1-3H3,(H,16,17,19,20)/b11-7-. The van der Waals surface area contributed by atoms with Crippen molar-refractivity contribution in [3.8, 4) is 11.5 Å². The summed E-state index contributed by atoms with van der Waals surface area (Å²) >= 11 is 0. The Kier molecular flexibility index (Phi) is 4.23. The second-order valence-electron chi connectivity index (χ2n) is 4.92. The molecule has 0 bridgehead atoms. The van der Waals surface area contributed by atoms with Crippen molar-refractivity contribution in [2.24, 2.45) is 5.10 Å². The van der Waals surface area contributed by atoms with Crippen molar-refractivity contribution in [3.05, 3.63) is 29.3 Å². The molecular formula is C15H16N6O3. The highest BCUT2D eigenvalue weighted by atomic mass is 16.5. The lowest BCUT2D eigenvalue weighted by Gasteiger charge is -2.10. The average Bonchev–Trinajstić information content (AvgIpc) is 3.20. The largest absolute Gasteiger partial charge is 0.493 e. The Morgan fingerprint density at radius 1 is 1.33 bits per heavy atom. The first-order valence-corrected chi connectivity index (χ1v) is 7.30. The third-order valence-corrected chi connectivity index (χ3v) is 3.38. The number of aromatic amines is 1. The van der Waals surface area contributed by atoms with E-state index in [1.54, 1.807) is 32.2 Å². The van der Waals surface area contributed by atoms with Crippen molar-refractivity contribution >= 4 is 23.6 Å². The van der Waals surface area contributed by atoms with Gasteiger partial charge in [0.2, 0.25) is 0 Å². The van der Waals surface area contributed by atoms with Crippen LogP contribution in [0.15, 0.2) is 28.9 Å². The third kappa shape index (κ3) is 2.83. The fraction of sp³-hybridized carbons (Fsp3) is 0.267. The lowest BCUT2D eigenvalue weighted by atomic mass is 10.1. The molecule has 0 unspecified atom stereocenters. The number of carbonyl (C=O) groups excluding carboxylic acids is 1. The van der Waals surface area contributed by atoms with E-state index in [2.05, 4.69) is 25.7 Å². The summed E-state index contributed by atoms with van der Waals surface area (Å²) in [4.78, 5) is 12.5. The number of anilines is 1. The van der Waals surface area contributed by atoms with Gasteiger partial charge in [0, 0.05) is 0 Å². The predicted molar refractivity (Wildman–Crippen MR) is 86.9 cm³/mol. The first-order valence-electron chi connectivity index (χ1n) is 7.30. The van der Waals surface area contributed by atoms with Crippen LogP contribution in [0.25, 0.3) is 6.08 Å². The van der Waals surface area contributed by atoms with E-state index in [-0.39, 0.29) is 11.9 Å². The number of methoxy groups -OCH3 is 1. The molecule has 0 radical (unpaired) electrons. The minimum absolute atomic E-state index is 0.104. The second-order valence-corrected chi connectivity index (χ2v) is 4.92. The molecular weight excluding hydrogens is 312 g/mol. The molecule has 0 aliphatic carbocycles. The van der Waals surface area contributed by atoms with Gasteiger partial charge in [0.15, 0.2) is 11.5 Å². The van der Waals surface area contributed by atoms with Gasteiger partial charge in [-0.1, -0.05) is 11.2 Å². The van der Waals surface area contributed by atoms with Crippen LogP contribution in [0.5, 0.6) is 11.5 Å². The number of rotatable bonds is 5. The van der Waals surface area contributed by atoms with E-state index in [0.29, 0.717) is 29.4 Å². The predicted octanol–water partition coefficient (Wildman–Crippen LogP) is 1.41. The summed E-state index contributed by atoms with van der Waals surface area (Å²) in [7, 11) is 1.57. The van der Waals surface area contributed by atoms with Crippen LogP contribution in [0.4, 0.5) is 5.95 Å². The SMILES string of the molecule is CCOc1ccc(/C=C2\C(=O)N(c3nn[nH]n3)N=C2C)cc1OC.